The topological polar surface area (TPSA) is 101 Å². The van der Waals surface area contributed by atoms with E-state index in [0.29, 0.717) is 37.8 Å². The molecule has 2 fully saturated rings. The second-order valence-electron chi connectivity index (χ2n) is 9.08. The van der Waals surface area contributed by atoms with E-state index >= 15 is 0 Å². The number of imide groups is 1. The van der Waals surface area contributed by atoms with Gasteiger partial charge in [-0.15, -0.1) is 0 Å². The normalized spacial score (nSPS) is 22.6. The van der Waals surface area contributed by atoms with Gasteiger partial charge in [-0.05, 0) is 41.5 Å². The van der Waals surface area contributed by atoms with Crippen molar-refractivity contribution in [2.24, 2.45) is 0 Å². The van der Waals surface area contributed by atoms with Crippen molar-refractivity contribution in [2.45, 2.75) is 50.6 Å². The maximum atomic E-state index is 13.0. The first-order valence-corrected chi connectivity index (χ1v) is 11.5. The summed E-state index contributed by atoms with van der Waals surface area (Å²) in [5.41, 5.74) is 3.40. The lowest BCUT2D eigenvalue weighted by Gasteiger charge is -2.29. The number of carbonyl (C=O) groups excluding carboxylic acids is 5. The van der Waals surface area contributed by atoms with Crippen LogP contribution in [-0.4, -0.2) is 40.2 Å². The minimum Gasteiger partial charge on any atom is -0.322 e. The van der Waals surface area contributed by atoms with E-state index < -0.39 is 11.9 Å². The quantitative estimate of drug-likeness (QED) is 0.433. The number of ketones is 2. The van der Waals surface area contributed by atoms with E-state index in [9.17, 15) is 24.0 Å². The molecule has 2 aromatic rings. The number of hydrogen-bond donors (Lipinski definition) is 1. The number of hydrogen-bond acceptors (Lipinski definition) is 5. The minimum atomic E-state index is -0.654. The zero-order chi connectivity index (χ0) is 23.8. The van der Waals surface area contributed by atoms with Gasteiger partial charge in [0.25, 0.3) is 5.91 Å². The molecule has 34 heavy (non-hydrogen) atoms. The van der Waals surface area contributed by atoms with Crippen LogP contribution in [0.1, 0.15) is 58.6 Å². The van der Waals surface area contributed by atoms with Gasteiger partial charge in [0, 0.05) is 31.4 Å². The Labute approximate surface area is 196 Å². The number of allylic oxidation sites excluding steroid dienone is 2. The molecule has 1 atom stereocenters. The van der Waals surface area contributed by atoms with Gasteiger partial charge in [-0.1, -0.05) is 48.5 Å². The van der Waals surface area contributed by atoms with Crippen molar-refractivity contribution in [2.75, 3.05) is 0 Å². The molecule has 0 spiro atoms. The average Bonchev–Trinajstić information content (AvgIpc) is 3.14. The van der Waals surface area contributed by atoms with Gasteiger partial charge in [-0.2, -0.15) is 0 Å². The lowest BCUT2D eigenvalue weighted by molar-refractivity contribution is -0.137. The number of piperidine rings is 1. The summed E-state index contributed by atoms with van der Waals surface area (Å²) < 4.78 is 0. The van der Waals surface area contributed by atoms with Crippen molar-refractivity contribution in [3.8, 4) is 0 Å². The molecule has 2 aliphatic heterocycles. The molecule has 7 nitrogen and oxygen atoms in total. The Morgan fingerprint density at radius 3 is 2.38 bits per heavy atom. The number of nitrogens with zero attached hydrogens (tertiary/aromatic N) is 1. The maximum absolute atomic E-state index is 13.0. The van der Waals surface area contributed by atoms with E-state index in [1.165, 1.54) is 4.90 Å². The van der Waals surface area contributed by atoms with Gasteiger partial charge in [-0.25, -0.2) is 0 Å². The third kappa shape index (κ3) is 4.09. The molecule has 0 bridgehead atoms. The van der Waals surface area contributed by atoms with Crippen LogP contribution in [-0.2, 0) is 32.1 Å². The monoisotopic (exact) mass is 456 g/mol. The average molecular weight is 456 g/mol. The Bertz CT molecular complexity index is 1230. The molecular formula is C27H24N2O5. The third-order valence-corrected chi connectivity index (χ3v) is 6.87. The highest BCUT2D eigenvalue weighted by Gasteiger charge is 2.39. The fraction of sp³-hybridized carbons (Fsp3) is 0.296. The van der Waals surface area contributed by atoms with Crippen molar-refractivity contribution in [3.05, 3.63) is 82.4 Å². The molecule has 0 aromatic heterocycles. The number of carbonyl (C=O) groups is 5. The van der Waals surface area contributed by atoms with Crippen LogP contribution in [0.3, 0.4) is 0 Å². The summed E-state index contributed by atoms with van der Waals surface area (Å²) in [6.07, 6.45) is 3.18. The highest BCUT2D eigenvalue weighted by atomic mass is 16.2. The Morgan fingerprint density at radius 2 is 1.68 bits per heavy atom. The van der Waals surface area contributed by atoms with Gasteiger partial charge in [0.1, 0.15) is 6.04 Å². The molecule has 0 radical (unpaired) electrons. The van der Waals surface area contributed by atoms with E-state index in [4.69, 9.17) is 0 Å². The first-order chi connectivity index (χ1) is 16.4. The molecule has 3 amide bonds. The molecule has 5 rings (SSSR count). The first-order valence-electron chi connectivity index (χ1n) is 11.5. The van der Waals surface area contributed by atoms with E-state index in [0.717, 1.165) is 16.7 Å². The molecule has 1 saturated carbocycles. The molecular weight excluding hydrogens is 432 g/mol. The molecule has 2 heterocycles. The number of nitrogens with one attached hydrogen (secondary N) is 1. The van der Waals surface area contributed by atoms with E-state index in [1.807, 2.05) is 42.5 Å². The van der Waals surface area contributed by atoms with Crippen LogP contribution >= 0.6 is 0 Å². The van der Waals surface area contributed by atoms with Crippen LogP contribution in [0.2, 0.25) is 0 Å². The predicted octanol–water partition coefficient (Wildman–Crippen LogP) is 2.63. The minimum absolute atomic E-state index is 0.0887. The summed E-state index contributed by atoms with van der Waals surface area (Å²) in [5, 5.41) is 2.30. The predicted molar refractivity (Wildman–Crippen MR) is 123 cm³/mol. The summed E-state index contributed by atoms with van der Waals surface area (Å²) in [7, 11) is 0. The SMILES string of the molecule is O=C1CCC(N2Cc3ccc(CC=C4C(=O)CC(c5ccccc5)CC4=O)cc3C2=O)C(=O)N1. The van der Waals surface area contributed by atoms with Gasteiger partial charge < -0.3 is 4.90 Å². The molecule has 1 aliphatic carbocycles. The fourth-order valence-corrected chi connectivity index (χ4v) is 5.03. The van der Waals surface area contributed by atoms with Crippen LogP contribution < -0.4 is 5.32 Å². The zero-order valence-corrected chi connectivity index (χ0v) is 18.6. The smallest absolute Gasteiger partial charge is 0.255 e. The van der Waals surface area contributed by atoms with Crippen molar-refractivity contribution in [1.82, 2.24) is 10.2 Å². The summed E-state index contributed by atoms with van der Waals surface area (Å²) in [4.78, 5) is 63.6. The van der Waals surface area contributed by atoms with Crippen LogP contribution in [0, 0.1) is 0 Å². The van der Waals surface area contributed by atoms with Crippen LogP contribution in [0.15, 0.2) is 60.2 Å². The van der Waals surface area contributed by atoms with Crippen molar-refractivity contribution >= 4 is 29.3 Å². The van der Waals surface area contributed by atoms with Crippen LogP contribution in [0.25, 0.3) is 0 Å². The maximum Gasteiger partial charge on any atom is 0.255 e. The largest absolute Gasteiger partial charge is 0.322 e. The molecule has 1 unspecified atom stereocenters. The van der Waals surface area contributed by atoms with Gasteiger partial charge in [0.05, 0.1) is 5.57 Å². The molecule has 2 aromatic carbocycles. The number of Topliss-reactive ketones (excluding diaryl/α,β-unsaturated/α-hetero) is 2. The van der Waals surface area contributed by atoms with E-state index in [1.54, 1.807) is 12.1 Å². The van der Waals surface area contributed by atoms with Crippen LogP contribution in [0.5, 0.6) is 0 Å². The van der Waals surface area contributed by atoms with Crippen LogP contribution in [0.4, 0.5) is 0 Å². The number of rotatable bonds is 4. The number of fused-ring (bicyclic) bond motifs is 1. The Hall–Kier alpha value is -3.87. The Kier molecular flexibility index (Phi) is 5.69. The molecule has 3 aliphatic rings. The summed E-state index contributed by atoms with van der Waals surface area (Å²) >= 11 is 0. The van der Waals surface area contributed by atoms with Gasteiger partial charge >= 0.3 is 0 Å². The molecule has 7 heteroatoms. The lowest BCUT2D eigenvalue weighted by Crippen LogP contribution is -2.52. The fourth-order valence-electron chi connectivity index (χ4n) is 5.03. The van der Waals surface area contributed by atoms with Gasteiger partial charge in [0.2, 0.25) is 11.8 Å². The standard InChI is InChI=1S/C27H24N2O5/c30-23-13-19(17-4-2-1-3-5-17)14-24(31)20(23)9-7-16-6-8-18-15-29(27(34)21(18)12-16)22-10-11-25(32)28-26(22)33/h1-6,8-9,12,19,22H,7,10-11,13-15H2,(H,28,32,33). The van der Waals surface area contributed by atoms with Crippen molar-refractivity contribution < 1.29 is 24.0 Å². The third-order valence-electron chi connectivity index (χ3n) is 6.87. The van der Waals surface area contributed by atoms with Crippen molar-refractivity contribution in [1.29, 1.82) is 0 Å². The lowest BCUT2D eigenvalue weighted by atomic mass is 9.79. The van der Waals surface area contributed by atoms with Gasteiger partial charge in [0.15, 0.2) is 11.6 Å². The first kappa shape index (κ1) is 21.9. The Balaban J connectivity index is 1.28. The number of amides is 3. The zero-order valence-electron chi connectivity index (χ0n) is 18.6. The van der Waals surface area contributed by atoms with E-state index in [-0.39, 0.29) is 41.3 Å². The second kappa shape index (κ2) is 8.82. The second-order valence-corrected chi connectivity index (χ2v) is 9.08. The highest BCUT2D eigenvalue weighted by molar-refractivity contribution is 6.22. The Morgan fingerprint density at radius 1 is 0.941 bits per heavy atom. The van der Waals surface area contributed by atoms with E-state index in [2.05, 4.69) is 5.32 Å². The summed E-state index contributed by atoms with van der Waals surface area (Å²) in [6, 6.07) is 14.5. The summed E-state index contributed by atoms with van der Waals surface area (Å²) in [6.45, 7) is 0.319. The molecule has 1 saturated heterocycles. The molecule has 1 N–H and O–H groups in total. The highest BCUT2D eigenvalue weighted by Crippen LogP contribution is 2.32. The number of benzene rings is 2. The van der Waals surface area contributed by atoms with Gasteiger partial charge in [-0.3, -0.25) is 29.3 Å². The van der Waals surface area contributed by atoms with Crippen molar-refractivity contribution in [3.63, 3.8) is 0 Å². The summed E-state index contributed by atoms with van der Waals surface area (Å²) in [5.74, 6) is -1.38. The molecule has 172 valence electrons.